The van der Waals surface area contributed by atoms with Crippen LogP contribution in [0.5, 0.6) is 5.88 Å². The number of pyridine rings is 1. The number of ether oxygens (including phenoxy) is 1. The Bertz CT molecular complexity index is 887. The van der Waals surface area contributed by atoms with Crippen LogP contribution in [0.4, 0.5) is 0 Å². The van der Waals surface area contributed by atoms with Gasteiger partial charge < -0.3 is 9.64 Å². The number of amides is 1. The Morgan fingerprint density at radius 2 is 2.18 bits per heavy atom. The number of carbonyl (C=O) groups is 1. The summed E-state index contributed by atoms with van der Waals surface area (Å²) in [6.07, 6.45) is 3.84. The van der Waals surface area contributed by atoms with E-state index in [1.807, 2.05) is 23.1 Å². The summed E-state index contributed by atoms with van der Waals surface area (Å²) in [5, 5.41) is 9.05. The van der Waals surface area contributed by atoms with Gasteiger partial charge in [-0.1, -0.05) is 12.1 Å². The van der Waals surface area contributed by atoms with Crippen molar-refractivity contribution < 1.29 is 9.53 Å². The molecule has 2 aliphatic rings. The molecule has 6 nitrogen and oxygen atoms in total. The van der Waals surface area contributed by atoms with Gasteiger partial charge in [0.25, 0.3) is 5.91 Å². The minimum absolute atomic E-state index is 0.00276. The fourth-order valence-corrected chi connectivity index (χ4v) is 4.27. The second-order valence-electron chi connectivity index (χ2n) is 7.84. The van der Waals surface area contributed by atoms with Crippen molar-refractivity contribution in [1.82, 2.24) is 14.8 Å². The van der Waals surface area contributed by atoms with Crippen LogP contribution in [-0.4, -0.2) is 59.5 Å². The molecule has 0 unspecified atom stereocenters. The summed E-state index contributed by atoms with van der Waals surface area (Å²) in [5.41, 5.74) is 1.13. The molecule has 1 aromatic heterocycles. The number of rotatable bonds is 4. The van der Waals surface area contributed by atoms with Crippen molar-refractivity contribution in [3.8, 4) is 11.9 Å². The van der Waals surface area contributed by atoms with E-state index < -0.39 is 0 Å². The number of benzene rings is 1. The molecule has 28 heavy (non-hydrogen) atoms. The quantitative estimate of drug-likeness (QED) is 0.820. The smallest absolute Gasteiger partial charge is 0.254 e. The molecule has 2 aliphatic heterocycles. The predicted molar refractivity (Wildman–Crippen MR) is 105 cm³/mol. The minimum atomic E-state index is 0.00276. The number of likely N-dealkylation sites (N-methyl/N-ethyl adjacent to an activating group) is 1. The molecule has 0 bridgehead atoms. The molecule has 1 spiro atoms. The summed E-state index contributed by atoms with van der Waals surface area (Å²) in [4.78, 5) is 21.3. The molecule has 0 saturated carbocycles. The van der Waals surface area contributed by atoms with Crippen LogP contribution in [0.25, 0.3) is 0 Å². The fraction of sp³-hybridized carbons (Fsp3) is 0.409. The van der Waals surface area contributed by atoms with Gasteiger partial charge in [-0.25, -0.2) is 4.98 Å². The van der Waals surface area contributed by atoms with Gasteiger partial charge in [-0.05, 0) is 56.6 Å². The average Bonchev–Trinajstić information content (AvgIpc) is 2.72. The molecule has 4 rings (SSSR count). The molecule has 1 amide bonds. The van der Waals surface area contributed by atoms with Gasteiger partial charge >= 0.3 is 0 Å². The van der Waals surface area contributed by atoms with E-state index in [1.165, 1.54) is 0 Å². The lowest BCUT2D eigenvalue weighted by Crippen LogP contribution is -2.72. The first-order chi connectivity index (χ1) is 13.6. The molecule has 2 aromatic rings. The first-order valence-electron chi connectivity index (χ1n) is 9.64. The highest BCUT2D eigenvalue weighted by Crippen LogP contribution is 2.39. The average molecular weight is 376 g/mol. The van der Waals surface area contributed by atoms with Gasteiger partial charge in [0.05, 0.1) is 23.8 Å². The highest BCUT2D eigenvalue weighted by Gasteiger charge is 2.51. The number of nitriles is 1. The molecule has 0 aliphatic carbocycles. The van der Waals surface area contributed by atoms with E-state index in [1.54, 1.807) is 30.5 Å². The van der Waals surface area contributed by atoms with Crippen molar-refractivity contribution in [2.45, 2.75) is 18.4 Å². The normalized spacial score (nSPS) is 21.0. The Morgan fingerprint density at radius 3 is 2.93 bits per heavy atom. The number of nitrogens with zero attached hydrogens (tertiary/aromatic N) is 4. The van der Waals surface area contributed by atoms with Gasteiger partial charge in [-0.15, -0.1) is 0 Å². The van der Waals surface area contributed by atoms with Crippen molar-refractivity contribution in [3.05, 3.63) is 59.8 Å². The summed E-state index contributed by atoms with van der Waals surface area (Å²) >= 11 is 0. The van der Waals surface area contributed by atoms with Crippen LogP contribution >= 0.6 is 0 Å². The van der Waals surface area contributed by atoms with E-state index in [0.29, 0.717) is 29.5 Å². The molecule has 2 fully saturated rings. The lowest BCUT2D eigenvalue weighted by molar-refractivity contribution is -0.0695. The third-order valence-electron chi connectivity index (χ3n) is 5.95. The van der Waals surface area contributed by atoms with Crippen LogP contribution in [0.1, 0.15) is 28.8 Å². The number of aromatic nitrogens is 1. The van der Waals surface area contributed by atoms with E-state index in [-0.39, 0.29) is 11.4 Å². The van der Waals surface area contributed by atoms with E-state index in [9.17, 15) is 4.79 Å². The van der Waals surface area contributed by atoms with Crippen molar-refractivity contribution >= 4 is 5.91 Å². The van der Waals surface area contributed by atoms with E-state index in [4.69, 9.17) is 10.00 Å². The van der Waals surface area contributed by atoms with Crippen LogP contribution in [0.2, 0.25) is 0 Å². The maximum absolute atomic E-state index is 12.8. The topological polar surface area (TPSA) is 69.5 Å². The van der Waals surface area contributed by atoms with Crippen molar-refractivity contribution in [2.24, 2.45) is 5.92 Å². The molecular formula is C22H24N4O2. The van der Waals surface area contributed by atoms with Gasteiger partial charge in [0.2, 0.25) is 5.88 Å². The summed E-state index contributed by atoms with van der Waals surface area (Å²) < 4.78 is 5.87. The summed E-state index contributed by atoms with van der Waals surface area (Å²) in [6.45, 7) is 3.10. The summed E-state index contributed by atoms with van der Waals surface area (Å²) in [6, 6.07) is 14.7. The standard InChI is InChI=1S/C22H24N4O2/c1-25-10-8-18(14-28-20-7-2-3-9-24-20)12-22(25)15-26(16-22)21(27)19-6-4-5-17(11-19)13-23/h2-7,9,11,18H,8,10,12,14-16H2,1H3/t18-/m0/s1. The Morgan fingerprint density at radius 1 is 1.32 bits per heavy atom. The Balaban J connectivity index is 1.37. The van der Waals surface area contributed by atoms with Crippen LogP contribution < -0.4 is 4.74 Å². The van der Waals surface area contributed by atoms with E-state index in [2.05, 4.69) is 23.0 Å². The highest BCUT2D eigenvalue weighted by molar-refractivity contribution is 5.95. The first-order valence-corrected chi connectivity index (χ1v) is 9.64. The second kappa shape index (κ2) is 7.61. The number of carbonyl (C=O) groups excluding carboxylic acids is 1. The van der Waals surface area contributed by atoms with Gasteiger partial charge in [0, 0.05) is 30.9 Å². The molecule has 1 aromatic carbocycles. The van der Waals surface area contributed by atoms with Crippen LogP contribution in [0.3, 0.4) is 0 Å². The third-order valence-corrected chi connectivity index (χ3v) is 5.95. The zero-order valence-corrected chi connectivity index (χ0v) is 16.0. The Hall–Kier alpha value is -2.91. The van der Waals surface area contributed by atoms with Gasteiger partial charge in [0.1, 0.15) is 0 Å². The lowest BCUT2D eigenvalue weighted by atomic mass is 9.75. The van der Waals surface area contributed by atoms with Crippen molar-refractivity contribution in [2.75, 3.05) is 33.3 Å². The second-order valence-corrected chi connectivity index (χ2v) is 7.84. The maximum atomic E-state index is 12.8. The van der Waals surface area contributed by atoms with E-state index >= 15 is 0 Å². The van der Waals surface area contributed by atoms with Crippen LogP contribution in [-0.2, 0) is 0 Å². The zero-order chi connectivity index (χ0) is 19.6. The van der Waals surface area contributed by atoms with E-state index in [0.717, 1.165) is 32.5 Å². The van der Waals surface area contributed by atoms with Crippen LogP contribution in [0.15, 0.2) is 48.7 Å². The third kappa shape index (κ3) is 3.58. The van der Waals surface area contributed by atoms with Gasteiger partial charge in [0.15, 0.2) is 0 Å². The molecule has 3 heterocycles. The van der Waals surface area contributed by atoms with Crippen LogP contribution in [0, 0.1) is 17.2 Å². The zero-order valence-electron chi connectivity index (χ0n) is 16.0. The number of hydrogen-bond acceptors (Lipinski definition) is 5. The number of hydrogen-bond donors (Lipinski definition) is 0. The highest BCUT2D eigenvalue weighted by atomic mass is 16.5. The SMILES string of the molecule is CN1CC[C@H](COc2ccccn2)CC12CN(C(=O)c1cccc(C#N)c1)C2. The molecule has 0 N–H and O–H groups in total. The van der Waals surface area contributed by atoms with Crippen molar-refractivity contribution in [1.29, 1.82) is 5.26 Å². The Kier molecular flexibility index (Phi) is 5.01. The Labute approximate surface area is 165 Å². The van der Waals surface area contributed by atoms with Gasteiger partial charge in [-0.3, -0.25) is 9.69 Å². The molecule has 2 saturated heterocycles. The molecule has 144 valence electrons. The van der Waals surface area contributed by atoms with Gasteiger partial charge in [-0.2, -0.15) is 5.26 Å². The largest absolute Gasteiger partial charge is 0.477 e. The molecule has 0 radical (unpaired) electrons. The lowest BCUT2D eigenvalue weighted by Gasteiger charge is -2.58. The monoisotopic (exact) mass is 376 g/mol. The number of likely N-dealkylation sites (tertiary alicyclic amines) is 2. The molecular weight excluding hydrogens is 352 g/mol. The van der Waals surface area contributed by atoms with Crippen molar-refractivity contribution in [3.63, 3.8) is 0 Å². The minimum Gasteiger partial charge on any atom is -0.477 e. The molecule has 6 heteroatoms. The maximum Gasteiger partial charge on any atom is 0.254 e. The first kappa shape index (κ1) is 18.5. The summed E-state index contributed by atoms with van der Waals surface area (Å²) in [5.74, 6) is 1.12. The molecule has 1 atom stereocenters. The fourth-order valence-electron chi connectivity index (χ4n) is 4.27. The summed E-state index contributed by atoms with van der Waals surface area (Å²) in [7, 11) is 2.15. The number of piperidine rings is 1. The predicted octanol–water partition coefficient (Wildman–Crippen LogP) is 2.57.